The quantitative estimate of drug-likeness (QED) is 0.635. The molecule has 2 aromatic rings. The monoisotopic (exact) mass is 356 g/mol. The maximum absolute atomic E-state index is 12.9. The molecule has 1 aliphatic heterocycles. The van der Waals surface area contributed by atoms with E-state index in [-0.39, 0.29) is 6.61 Å². The molecule has 1 heterocycles. The fourth-order valence-corrected chi connectivity index (χ4v) is 3.23. The van der Waals surface area contributed by atoms with E-state index in [0.29, 0.717) is 17.7 Å². The number of benzene rings is 2. The highest BCUT2D eigenvalue weighted by molar-refractivity contribution is 5.85. The first-order valence-electron chi connectivity index (χ1n) is 8.97. The summed E-state index contributed by atoms with van der Waals surface area (Å²) < 4.78 is 11.7. The number of carbonyl (C=O) groups is 1. The minimum atomic E-state index is -1.81. The van der Waals surface area contributed by atoms with Crippen LogP contribution in [-0.4, -0.2) is 62.1 Å². The summed E-state index contributed by atoms with van der Waals surface area (Å²) in [5.74, 6) is -0.644. The molecule has 0 spiro atoms. The average Bonchev–Trinajstić information content (AvgIpc) is 2.69. The van der Waals surface area contributed by atoms with Crippen molar-refractivity contribution in [2.75, 3.05) is 46.5 Å². The van der Waals surface area contributed by atoms with Crippen molar-refractivity contribution in [1.82, 2.24) is 0 Å². The summed E-state index contributed by atoms with van der Waals surface area (Å²) >= 11 is 0. The summed E-state index contributed by atoms with van der Waals surface area (Å²) in [4.78, 5) is 12.9. The zero-order valence-corrected chi connectivity index (χ0v) is 15.1. The molecule has 5 heteroatoms. The number of rotatable bonds is 6. The second-order valence-electron chi connectivity index (χ2n) is 6.98. The number of esters is 1. The molecule has 0 radical (unpaired) electrons. The molecule has 2 aromatic carbocycles. The van der Waals surface area contributed by atoms with E-state index in [0.717, 1.165) is 30.8 Å². The Morgan fingerprint density at radius 1 is 1.04 bits per heavy atom. The Labute approximate surface area is 154 Å². The van der Waals surface area contributed by atoms with Crippen molar-refractivity contribution in [3.63, 3.8) is 0 Å². The molecular weight excluding hydrogens is 330 g/mol. The van der Waals surface area contributed by atoms with Gasteiger partial charge in [-0.05, 0) is 11.1 Å². The summed E-state index contributed by atoms with van der Waals surface area (Å²) in [5, 5.41) is 11.3. The summed E-state index contributed by atoms with van der Waals surface area (Å²) in [6.07, 6.45) is 0. The van der Waals surface area contributed by atoms with Crippen molar-refractivity contribution in [3.8, 4) is 0 Å². The molecule has 26 heavy (non-hydrogen) atoms. The first-order chi connectivity index (χ1) is 12.5. The topological polar surface area (TPSA) is 55.8 Å². The van der Waals surface area contributed by atoms with Crippen LogP contribution in [0.2, 0.25) is 0 Å². The lowest BCUT2D eigenvalue weighted by molar-refractivity contribution is -0.917. The molecule has 1 aliphatic rings. The third-order valence-electron chi connectivity index (χ3n) is 5.09. The Bertz CT molecular complexity index is 672. The summed E-state index contributed by atoms with van der Waals surface area (Å²) in [5.41, 5.74) is -0.808. The summed E-state index contributed by atoms with van der Waals surface area (Å²) in [6, 6.07) is 17.9. The number of likely N-dealkylation sites (N-methyl/N-ethyl adjacent to an activating group) is 1. The van der Waals surface area contributed by atoms with Crippen LogP contribution in [0.3, 0.4) is 0 Å². The van der Waals surface area contributed by atoms with Gasteiger partial charge in [0.2, 0.25) is 5.60 Å². The van der Waals surface area contributed by atoms with Gasteiger partial charge in [0.05, 0.1) is 20.3 Å². The zero-order valence-electron chi connectivity index (χ0n) is 15.1. The molecule has 0 bridgehead atoms. The van der Waals surface area contributed by atoms with Crippen LogP contribution < -0.4 is 0 Å². The Balaban J connectivity index is 1.76. The van der Waals surface area contributed by atoms with Gasteiger partial charge in [-0.15, -0.1) is 0 Å². The van der Waals surface area contributed by atoms with Gasteiger partial charge in [-0.3, -0.25) is 0 Å². The molecule has 0 atom stereocenters. The zero-order chi connectivity index (χ0) is 18.5. The lowest BCUT2D eigenvalue weighted by Crippen LogP contribution is -2.53. The molecule has 1 saturated heterocycles. The maximum atomic E-state index is 12.9. The van der Waals surface area contributed by atoms with Crippen molar-refractivity contribution < 1.29 is 23.9 Å². The molecular formula is C21H26NO4+. The van der Waals surface area contributed by atoms with Gasteiger partial charge in [-0.2, -0.15) is 0 Å². The van der Waals surface area contributed by atoms with E-state index in [1.807, 2.05) is 12.1 Å². The van der Waals surface area contributed by atoms with E-state index in [2.05, 4.69) is 7.05 Å². The van der Waals surface area contributed by atoms with E-state index in [1.165, 1.54) is 0 Å². The molecule has 0 aromatic heterocycles. The van der Waals surface area contributed by atoms with Crippen LogP contribution in [-0.2, 0) is 19.9 Å². The minimum absolute atomic E-state index is 0.261. The third kappa shape index (κ3) is 3.96. The Hall–Kier alpha value is -2.21. The smallest absolute Gasteiger partial charge is 0.347 e. The number of nitrogens with zero attached hydrogens (tertiary/aromatic N) is 1. The number of quaternary nitrogens is 1. The molecule has 0 unspecified atom stereocenters. The van der Waals surface area contributed by atoms with Gasteiger partial charge in [0.25, 0.3) is 0 Å². The Morgan fingerprint density at radius 3 is 2.04 bits per heavy atom. The Morgan fingerprint density at radius 2 is 1.54 bits per heavy atom. The molecule has 138 valence electrons. The highest BCUT2D eigenvalue weighted by atomic mass is 16.6. The predicted molar refractivity (Wildman–Crippen MR) is 98.4 cm³/mol. The van der Waals surface area contributed by atoms with Crippen molar-refractivity contribution in [1.29, 1.82) is 0 Å². The van der Waals surface area contributed by atoms with Gasteiger partial charge >= 0.3 is 5.97 Å². The highest BCUT2D eigenvalue weighted by Crippen LogP contribution is 2.31. The van der Waals surface area contributed by atoms with E-state index in [4.69, 9.17) is 9.47 Å². The van der Waals surface area contributed by atoms with Gasteiger partial charge in [0, 0.05) is 0 Å². The van der Waals surface area contributed by atoms with Crippen LogP contribution in [0.4, 0.5) is 0 Å². The first-order valence-corrected chi connectivity index (χ1v) is 8.97. The van der Waals surface area contributed by atoms with E-state index in [9.17, 15) is 9.90 Å². The molecule has 0 saturated carbocycles. The number of morpholine rings is 1. The normalized spacial score (nSPS) is 16.8. The second kappa shape index (κ2) is 7.99. The van der Waals surface area contributed by atoms with Gasteiger partial charge in [0.1, 0.15) is 26.2 Å². The van der Waals surface area contributed by atoms with Gasteiger partial charge < -0.3 is 19.1 Å². The van der Waals surface area contributed by atoms with Crippen LogP contribution in [0.25, 0.3) is 0 Å². The van der Waals surface area contributed by atoms with E-state index in [1.54, 1.807) is 48.5 Å². The number of hydrogen-bond donors (Lipinski definition) is 1. The van der Waals surface area contributed by atoms with Crippen molar-refractivity contribution >= 4 is 5.97 Å². The molecule has 1 N–H and O–H groups in total. The number of carbonyl (C=O) groups excluding carboxylic acids is 1. The minimum Gasteiger partial charge on any atom is -0.457 e. The molecule has 0 amide bonds. The largest absolute Gasteiger partial charge is 0.457 e. The standard InChI is InChI=1S/C21H26NO4/c1-22(12-15-25-16-13-22)14-17-26-20(23)21(24,18-8-4-2-5-9-18)19-10-6-3-7-11-19/h2-11,24H,12-17H2,1H3/q+1. The van der Waals surface area contributed by atoms with Crippen LogP contribution in [0, 0.1) is 0 Å². The number of hydrogen-bond acceptors (Lipinski definition) is 4. The second-order valence-corrected chi connectivity index (χ2v) is 6.98. The third-order valence-corrected chi connectivity index (χ3v) is 5.09. The van der Waals surface area contributed by atoms with E-state index >= 15 is 0 Å². The van der Waals surface area contributed by atoms with Crippen LogP contribution >= 0.6 is 0 Å². The maximum Gasteiger partial charge on any atom is 0.347 e. The fraction of sp³-hybridized carbons (Fsp3) is 0.381. The van der Waals surface area contributed by atoms with Gasteiger partial charge in [-0.25, -0.2) is 4.79 Å². The highest BCUT2D eigenvalue weighted by Gasteiger charge is 2.42. The van der Waals surface area contributed by atoms with Crippen LogP contribution in [0.15, 0.2) is 60.7 Å². The van der Waals surface area contributed by atoms with Crippen LogP contribution in [0.1, 0.15) is 11.1 Å². The van der Waals surface area contributed by atoms with E-state index < -0.39 is 11.6 Å². The summed E-state index contributed by atoms with van der Waals surface area (Å²) in [7, 11) is 2.14. The Kier molecular flexibility index (Phi) is 5.71. The lowest BCUT2D eigenvalue weighted by Gasteiger charge is -2.37. The summed E-state index contributed by atoms with van der Waals surface area (Å²) in [6.45, 7) is 4.22. The SMILES string of the molecule is C[N+]1(CCOC(=O)C(O)(c2ccccc2)c2ccccc2)CCOCC1. The first kappa shape index (κ1) is 18.6. The predicted octanol–water partition coefficient (Wildman–Crippen LogP) is 1.94. The molecule has 3 rings (SSSR count). The average molecular weight is 356 g/mol. The van der Waals surface area contributed by atoms with Crippen molar-refractivity contribution in [2.45, 2.75) is 5.60 Å². The molecule has 0 aliphatic carbocycles. The molecule has 5 nitrogen and oxygen atoms in total. The molecule has 1 fully saturated rings. The fourth-order valence-electron chi connectivity index (χ4n) is 3.23. The lowest BCUT2D eigenvalue weighted by atomic mass is 9.86. The number of aliphatic hydroxyl groups is 1. The van der Waals surface area contributed by atoms with Crippen LogP contribution in [0.5, 0.6) is 0 Å². The van der Waals surface area contributed by atoms with Crippen molar-refractivity contribution in [3.05, 3.63) is 71.8 Å². The van der Waals surface area contributed by atoms with Gasteiger partial charge in [0.15, 0.2) is 0 Å². The number of ether oxygens (including phenoxy) is 2. The van der Waals surface area contributed by atoms with Gasteiger partial charge in [-0.1, -0.05) is 60.7 Å². The van der Waals surface area contributed by atoms with Crippen molar-refractivity contribution in [2.24, 2.45) is 0 Å².